The van der Waals surface area contributed by atoms with E-state index in [-0.39, 0.29) is 12.4 Å². The van der Waals surface area contributed by atoms with E-state index in [4.69, 9.17) is 4.74 Å². The molecule has 0 bridgehead atoms. The molecule has 1 amide bonds. The largest absolute Gasteiger partial charge is 0.448 e. The minimum absolute atomic E-state index is 0.169. The van der Waals surface area contributed by atoms with Gasteiger partial charge in [-0.3, -0.25) is 9.89 Å². The Hall–Kier alpha value is -3.00. The highest BCUT2D eigenvalue weighted by Crippen LogP contribution is 2.25. The van der Waals surface area contributed by atoms with Gasteiger partial charge in [0.05, 0.1) is 17.5 Å². The summed E-state index contributed by atoms with van der Waals surface area (Å²) in [4.78, 5) is 24.7. The molecule has 142 valence electrons. The van der Waals surface area contributed by atoms with Gasteiger partial charge in [0.2, 0.25) is 0 Å². The molecular formula is C20H15BrFN3O3. The van der Waals surface area contributed by atoms with Crippen LogP contribution in [0.3, 0.4) is 0 Å². The Balaban J connectivity index is 1.45. The van der Waals surface area contributed by atoms with E-state index in [0.717, 1.165) is 10.0 Å². The second-order valence-electron chi connectivity index (χ2n) is 6.40. The lowest BCUT2D eigenvalue weighted by molar-refractivity contribution is -0.130. The Morgan fingerprint density at radius 1 is 1.32 bits per heavy atom. The van der Waals surface area contributed by atoms with Gasteiger partial charge in [-0.05, 0) is 29.8 Å². The molecular weight excluding hydrogens is 429 g/mol. The number of benzene rings is 2. The van der Waals surface area contributed by atoms with Crippen LogP contribution in [-0.2, 0) is 22.5 Å². The lowest BCUT2D eigenvalue weighted by atomic mass is 9.98. The summed E-state index contributed by atoms with van der Waals surface area (Å²) >= 11 is 3.32. The Kier molecular flexibility index (Phi) is 4.95. The minimum Gasteiger partial charge on any atom is -0.448 e. The first kappa shape index (κ1) is 18.4. The number of H-pyrrole nitrogens is 1. The Morgan fingerprint density at radius 2 is 2.18 bits per heavy atom. The summed E-state index contributed by atoms with van der Waals surface area (Å²) in [5.74, 6) is -1.28. The number of hydrogen-bond acceptors (Lipinski definition) is 4. The highest BCUT2D eigenvalue weighted by Gasteiger charge is 2.31. The lowest BCUT2D eigenvalue weighted by Gasteiger charge is -2.24. The molecule has 1 aromatic heterocycles. The molecule has 0 aliphatic carbocycles. The number of carbonyl (C=O) groups is 2. The maximum Gasteiger partial charge on any atom is 0.339 e. The molecule has 2 N–H and O–H groups in total. The van der Waals surface area contributed by atoms with Crippen LogP contribution < -0.4 is 5.32 Å². The molecule has 2 heterocycles. The Labute approximate surface area is 168 Å². The SMILES string of the molecule is O=C1OC(C(=O)NCc2cn[nH]c2-c2cccc(F)c2)Cc2ccc(Br)cc21. The first-order valence-corrected chi connectivity index (χ1v) is 9.36. The maximum absolute atomic E-state index is 13.5. The van der Waals surface area contributed by atoms with Gasteiger partial charge in [-0.25, -0.2) is 9.18 Å². The van der Waals surface area contributed by atoms with E-state index in [0.29, 0.717) is 28.8 Å². The highest BCUT2D eigenvalue weighted by molar-refractivity contribution is 9.10. The van der Waals surface area contributed by atoms with E-state index in [9.17, 15) is 14.0 Å². The summed E-state index contributed by atoms with van der Waals surface area (Å²) in [5, 5.41) is 9.56. The van der Waals surface area contributed by atoms with Gasteiger partial charge in [0.25, 0.3) is 5.91 Å². The number of ether oxygens (including phenoxy) is 1. The van der Waals surface area contributed by atoms with Crippen LogP contribution in [0.4, 0.5) is 4.39 Å². The van der Waals surface area contributed by atoms with Gasteiger partial charge >= 0.3 is 5.97 Å². The van der Waals surface area contributed by atoms with Crippen LogP contribution in [0.15, 0.2) is 53.1 Å². The van der Waals surface area contributed by atoms with Crippen molar-refractivity contribution in [2.24, 2.45) is 0 Å². The fourth-order valence-electron chi connectivity index (χ4n) is 3.13. The predicted molar refractivity (Wildman–Crippen MR) is 103 cm³/mol. The van der Waals surface area contributed by atoms with Crippen molar-refractivity contribution in [2.45, 2.75) is 19.1 Å². The van der Waals surface area contributed by atoms with Crippen LogP contribution in [0.5, 0.6) is 0 Å². The number of hydrogen-bond donors (Lipinski definition) is 2. The van der Waals surface area contributed by atoms with Gasteiger partial charge in [-0.1, -0.05) is 34.1 Å². The van der Waals surface area contributed by atoms with Crippen molar-refractivity contribution < 1.29 is 18.7 Å². The van der Waals surface area contributed by atoms with Crippen molar-refractivity contribution in [3.05, 3.63) is 75.6 Å². The number of rotatable bonds is 4. The van der Waals surface area contributed by atoms with Gasteiger partial charge < -0.3 is 10.1 Å². The first-order chi connectivity index (χ1) is 13.5. The van der Waals surface area contributed by atoms with Gasteiger partial charge in [0, 0.05) is 28.6 Å². The molecule has 0 saturated carbocycles. The zero-order valence-electron chi connectivity index (χ0n) is 14.5. The van der Waals surface area contributed by atoms with E-state index in [2.05, 4.69) is 31.4 Å². The second-order valence-corrected chi connectivity index (χ2v) is 7.31. The van der Waals surface area contributed by atoms with Crippen molar-refractivity contribution in [1.82, 2.24) is 15.5 Å². The standard InChI is InChI=1S/C20H15BrFN3O3/c21-14-5-4-11-7-17(28-20(27)16(11)8-14)19(26)23-9-13-10-24-25-18(13)12-2-1-3-15(22)6-12/h1-6,8,10,17H,7,9H2,(H,23,26)(H,24,25). The number of halogens is 2. The normalized spacial score (nSPS) is 15.6. The van der Waals surface area contributed by atoms with Gasteiger partial charge in [-0.15, -0.1) is 0 Å². The second kappa shape index (κ2) is 7.55. The van der Waals surface area contributed by atoms with Crippen molar-refractivity contribution in [3.8, 4) is 11.3 Å². The zero-order chi connectivity index (χ0) is 19.7. The fourth-order valence-corrected chi connectivity index (χ4v) is 3.49. The Bertz CT molecular complexity index is 1070. The summed E-state index contributed by atoms with van der Waals surface area (Å²) in [7, 11) is 0. The van der Waals surface area contributed by atoms with E-state index in [1.54, 1.807) is 30.5 Å². The van der Waals surface area contributed by atoms with Gasteiger partial charge in [0.1, 0.15) is 5.82 Å². The number of nitrogens with zero attached hydrogens (tertiary/aromatic N) is 1. The summed E-state index contributed by atoms with van der Waals surface area (Å²) in [6.07, 6.45) is 0.980. The van der Waals surface area contributed by atoms with Crippen molar-refractivity contribution in [1.29, 1.82) is 0 Å². The first-order valence-electron chi connectivity index (χ1n) is 8.56. The number of aromatic nitrogens is 2. The molecule has 0 radical (unpaired) electrons. The quantitative estimate of drug-likeness (QED) is 0.605. The summed E-state index contributed by atoms with van der Waals surface area (Å²) in [6.45, 7) is 0.169. The van der Waals surface area contributed by atoms with E-state index < -0.39 is 18.0 Å². The van der Waals surface area contributed by atoms with Crippen molar-refractivity contribution in [3.63, 3.8) is 0 Å². The molecule has 6 nitrogen and oxygen atoms in total. The summed E-state index contributed by atoms with van der Waals surface area (Å²) in [5.41, 5.74) is 3.18. The van der Waals surface area contributed by atoms with Crippen LogP contribution >= 0.6 is 15.9 Å². The molecule has 0 fully saturated rings. The minimum atomic E-state index is -0.898. The molecule has 2 aromatic carbocycles. The smallest absolute Gasteiger partial charge is 0.339 e. The topological polar surface area (TPSA) is 84.1 Å². The number of amides is 1. The number of fused-ring (bicyclic) bond motifs is 1. The average molecular weight is 444 g/mol. The zero-order valence-corrected chi connectivity index (χ0v) is 16.1. The third kappa shape index (κ3) is 3.68. The summed E-state index contributed by atoms with van der Waals surface area (Å²) < 4.78 is 19.5. The van der Waals surface area contributed by atoms with Gasteiger partial charge in [0.15, 0.2) is 6.10 Å². The average Bonchev–Trinajstić information content (AvgIpc) is 3.15. The molecule has 8 heteroatoms. The number of carbonyl (C=O) groups excluding carboxylic acids is 2. The predicted octanol–water partition coefficient (Wildman–Crippen LogP) is 3.38. The van der Waals surface area contributed by atoms with Crippen molar-refractivity contribution >= 4 is 27.8 Å². The van der Waals surface area contributed by atoms with E-state index in [1.165, 1.54) is 12.1 Å². The molecule has 1 aliphatic heterocycles. The Morgan fingerprint density at radius 3 is 3.00 bits per heavy atom. The molecule has 0 saturated heterocycles. The van der Waals surface area contributed by atoms with Crippen LogP contribution in [-0.4, -0.2) is 28.2 Å². The van der Waals surface area contributed by atoms with Gasteiger partial charge in [-0.2, -0.15) is 5.10 Å². The number of cyclic esters (lactones) is 1. The summed E-state index contributed by atoms with van der Waals surface area (Å²) in [6, 6.07) is 11.4. The molecule has 28 heavy (non-hydrogen) atoms. The molecule has 1 aliphatic rings. The van der Waals surface area contributed by atoms with Crippen LogP contribution in [0.25, 0.3) is 11.3 Å². The lowest BCUT2D eigenvalue weighted by Crippen LogP contribution is -2.41. The van der Waals surface area contributed by atoms with E-state index >= 15 is 0 Å². The fraction of sp³-hybridized carbons (Fsp3) is 0.150. The number of aromatic amines is 1. The third-order valence-corrected chi connectivity index (χ3v) is 5.02. The molecule has 4 rings (SSSR count). The van der Waals surface area contributed by atoms with Crippen LogP contribution in [0, 0.1) is 5.82 Å². The third-order valence-electron chi connectivity index (χ3n) is 4.52. The molecule has 3 aromatic rings. The molecule has 1 atom stereocenters. The maximum atomic E-state index is 13.5. The highest BCUT2D eigenvalue weighted by atomic mass is 79.9. The van der Waals surface area contributed by atoms with Crippen LogP contribution in [0.2, 0.25) is 0 Å². The van der Waals surface area contributed by atoms with E-state index in [1.807, 2.05) is 6.07 Å². The number of nitrogens with one attached hydrogen (secondary N) is 2. The number of esters is 1. The monoisotopic (exact) mass is 443 g/mol. The molecule has 1 unspecified atom stereocenters. The van der Waals surface area contributed by atoms with Crippen LogP contribution in [0.1, 0.15) is 21.5 Å². The van der Waals surface area contributed by atoms with Crippen molar-refractivity contribution in [2.75, 3.05) is 0 Å². The molecule has 0 spiro atoms.